The summed E-state index contributed by atoms with van der Waals surface area (Å²) in [6.45, 7) is 4.92. The van der Waals surface area contributed by atoms with Crippen LogP contribution >= 0.6 is 11.8 Å². The van der Waals surface area contributed by atoms with Crippen molar-refractivity contribution in [1.82, 2.24) is 0 Å². The maximum Gasteiger partial charge on any atom is 0.231 e. The lowest BCUT2D eigenvalue weighted by molar-refractivity contribution is -0.223. The van der Waals surface area contributed by atoms with Crippen LogP contribution in [-0.4, -0.2) is 60.2 Å². The molecule has 1 saturated carbocycles. The minimum atomic E-state index is -1.11. The molecule has 304 valence electrons. The minimum absolute atomic E-state index is 0.102. The molecular formula is C48H53NO8S. The van der Waals surface area contributed by atoms with Crippen LogP contribution in [0.2, 0.25) is 0 Å². The Morgan fingerprint density at radius 1 is 0.914 bits per heavy atom. The average Bonchev–Trinajstić information content (AvgIpc) is 3.25. The zero-order valence-electron chi connectivity index (χ0n) is 33.0. The third kappa shape index (κ3) is 9.05. The van der Waals surface area contributed by atoms with E-state index in [4.69, 9.17) is 28.9 Å². The minimum Gasteiger partial charge on any atom is -0.496 e. The first-order valence-electron chi connectivity index (χ1n) is 20.3. The topological polar surface area (TPSA) is 116 Å². The molecule has 10 heteroatoms. The fourth-order valence-electron chi connectivity index (χ4n) is 8.91. The highest BCUT2D eigenvalue weighted by Crippen LogP contribution is 2.63. The number of hydrogen-bond acceptors (Lipinski definition) is 10. The van der Waals surface area contributed by atoms with Crippen molar-refractivity contribution in [2.24, 2.45) is 22.9 Å². The fourth-order valence-corrected chi connectivity index (χ4v) is 10.2. The number of thioether (sulfide) groups is 1. The highest BCUT2D eigenvalue weighted by atomic mass is 32.2. The van der Waals surface area contributed by atoms with E-state index in [1.807, 2.05) is 60.7 Å². The van der Waals surface area contributed by atoms with Crippen molar-refractivity contribution >= 4 is 23.8 Å². The number of hydrogen-bond donors (Lipinski definition) is 2. The molecule has 6 atom stereocenters. The number of ether oxygens (including phenoxy) is 4. The lowest BCUT2D eigenvalue weighted by atomic mass is 9.56. The number of fused-ring (bicyclic) bond motifs is 2. The molecular weight excluding hydrogens is 751 g/mol. The quantitative estimate of drug-likeness (QED) is 0.0390. The second-order valence-corrected chi connectivity index (χ2v) is 16.3. The van der Waals surface area contributed by atoms with Crippen molar-refractivity contribution in [2.75, 3.05) is 26.9 Å². The number of rotatable bonds is 20. The molecule has 2 N–H and O–H groups in total. The number of unbranched alkanes of at least 4 members (excludes halogenated alkanes) is 2. The van der Waals surface area contributed by atoms with Crippen LogP contribution in [0.25, 0.3) is 0 Å². The molecule has 1 aliphatic heterocycles. The Morgan fingerprint density at radius 2 is 1.64 bits per heavy atom. The first-order valence-corrected chi connectivity index (χ1v) is 21.2. The Labute approximate surface area is 345 Å². The molecule has 0 unspecified atom stereocenters. The molecule has 0 radical (unpaired) electrons. The van der Waals surface area contributed by atoms with Crippen LogP contribution in [0.3, 0.4) is 0 Å². The van der Waals surface area contributed by atoms with Gasteiger partial charge in [-0.05, 0) is 97.2 Å². The Balaban J connectivity index is 1.39. The van der Waals surface area contributed by atoms with Crippen LogP contribution in [0.4, 0.5) is 0 Å². The molecule has 0 amide bonds. The fraction of sp³-hybridized carbons (Fsp3) is 0.375. The maximum absolute atomic E-state index is 11.9. The van der Waals surface area contributed by atoms with Crippen LogP contribution in [0.5, 0.6) is 23.0 Å². The van der Waals surface area contributed by atoms with Crippen molar-refractivity contribution in [3.63, 3.8) is 0 Å². The highest BCUT2D eigenvalue weighted by Gasteiger charge is 2.64. The number of allylic oxidation sites excluding steroid dienone is 1. The van der Waals surface area contributed by atoms with Gasteiger partial charge in [0, 0.05) is 36.0 Å². The van der Waals surface area contributed by atoms with Gasteiger partial charge in [-0.25, -0.2) is 0 Å². The van der Waals surface area contributed by atoms with E-state index in [1.165, 1.54) is 7.11 Å². The molecule has 2 aliphatic carbocycles. The Morgan fingerprint density at radius 3 is 2.36 bits per heavy atom. The number of aliphatic hydroxyl groups excluding tert-OH is 2. The van der Waals surface area contributed by atoms with Gasteiger partial charge < -0.3 is 34.0 Å². The van der Waals surface area contributed by atoms with Gasteiger partial charge in [0.25, 0.3) is 0 Å². The predicted octanol–water partition coefficient (Wildman–Crippen LogP) is 9.93. The maximum atomic E-state index is 11.9. The van der Waals surface area contributed by atoms with Crippen molar-refractivity contribution in [1.29, 1.82) is 0 Å². The Kier molecular flexibility index (Phi) is 14.0. The summed E-state index contributed by atoms with van der Waals surface area (Å²) in [5.41, 5.74) is 4.36. The third-order valence-electron chi connectivity index (χ3n) is 11.5. The van der Waals surface area contributed by atoms with Crippen molar-refractivity contribution < 1.29 is 38.8 Å². The van der Waals surface area contributed by atoms with Gasteiger partial charge in [-0.15, -0.1) is 18.3 Å². The molecule has 4 aromatic rings. The number of aldehydes is 1. The molecule has 7 rings (SSSR count). The van der Waals surface area contributed by atoms with Gasteiger partial charge in [0.05, 0.1) is 36.2 Å². The molecule has 0 spiro atoms. The van der Waals surface area contributed by atoms with Crippen LogP contribution in [0, 0.1) is 17.8 Å². The number of carbonyl (C=O) groups excluding carboxylic acids is 1. The largest absolute Gasteiger partial charge is 0.496 e. The summed E-state index contributed by atoms with van der Waals surface area (Å²) in [5, 5.41) is 24.5. The zero-order valence-corrected chi connectivity index (χ0v) is 33.9. The van der Waals surface area contributed by atoms with E-state index < -0.39 is 5.79 Å². The summed E-state index contributed by atoms with van der Waals surface area (Å²) in [4.78, 5) is 19.2. The van der Waals surface area contributed by atoms with E-state index in [-0.39, 0.29) is 48.7 Å². The second kappa shape index (κ2) is 19.7. The molecule has 4 aromatic carbocycles. The van der Waals surface area contributed by atoms with Crippen LogP contribution in [0.1, 0.15) is 72.3 Å². The lowest BCUT2D eigenvalue weighted by Gasteiger charge is -2.58. The molecule has 1 fully saturated rings. The number of carbonyl (C=O) groups is 1. The normalized spacial score (nSPS) is 23.8. The van der Waals surface area contributed by atoms with E-state index in [1.54, 1.807) is 36.0 Å². The molecule has 0 aromatic heterocycles. The average molecular weight is 804 g/mol. The van der Waals surface area contributed by atoms with Gasteiger partial charge in [-0.2, -0.15) is 0 Å². The van der Waals surface area contributed by atoms with Gasteiger partial charge >= 0.3 is 0 Å². The lowest BCUT2D eigenvalue weighted by Crippen LogP contribution is -2.64. The van der Waals surface area contributed by atoms with Crippen LogP contribution < -0.4 is 14.2 Å². The van der Waals surface area contributed by atoms with Crippen LogP contribution in [-0.2, 0) is 16.2 Å². The summed E-state index contributed by atoms with van der Waals surface area (Å²) in [6, 6.07) is 31.5. The van der Waals surface area contributed by atoms with Gasteiger partial charge in [0.15, 0.2) is 6.29 Å². The van der Waals surface area contributed by atoms with Gasteiger partial charge in [0.2, 0.25) is 5.79 Å². The monoisotopic (exact) mass is 803 g/mol. The Hall–Kier alpha value is -4.87. The molecule has 9 nitrogen and oxygen atoms in total. The molecule has 1 heterocycles. The number of oxime groups is 1. The van der Waals surface area contributed by atoms with Gasteiger partial charge in [-0.1, -0.05) is 78.7 Å². The number of benzene rings is 4. The molecule has 0 saturated heterocycles. The van der Waals surface area contributed by atoms with Crippen molar-refractivity contribution in [3.05, 3.63) is 138 Å². The van der Waals surface area contributed by atoms with E-state index >= 15 is 0 Å². The number of nitrogens with zero attached hydrogens (tertiary/aromatic N) is 1. The summed E-state index contributed by atoms with van der Waals surface area (Å²) >= 11 is 1.73. The highest BCUT2D eigenvalue weighted by molar-refractivity contribution is 8.00. The van der Waals surface area contributed by atoms with Crippen molar-refractivity contribution in [2.45, 2.75) is 73.4 Å². The Bertz CT molecular complexity index is 2060. The smallest absolute Gasteiger partial charge is 0.231 e. The predicted molar refractivity (Wildman–Crippen MR) is 227 cm³/mol. The molecule has 3 aliphatic rings. The van der Waals surface area contributed by atoms with Crippen LogP contribution in [0.15, 0.2) is 131 Å². The summed E-state index contributed by atoms with van der Waals surface area (Å²) in [5.74, 6) is 1.09. The van der Waals surface area contributed by atoms with E-state index in [0.717, 1.165) is 65.0 Å². The SMILES string of the molecule is C=CCO[C@@]12Oc3ccc(Oc4ccc(OC)c(C=O)c4)cc3[C@H]3[C@H](CCCCO)[C@@H](CCCCO)C=C(C(=NOCc4ccccc4)C[C@@H]1Sc1ccccc1)[C@H]32. The molecule has 0 bridgehead atoms. The third-order valence-corrected chi connectivity index (χ3v) is 12.8. The summed E-state index contributed by atoms with van der Waals surface area (Å²) in [6.07, 6.45) is 10.3. The summed E-state index contributed by atoms with van der Waals surface area (Å²) in [7, 11) is 1.53. The van der Waals surface area contributed by atoms with E-state index in [2.05, 4.69) is 30.9 Å². The first kappa shape index (κ1) is 41.3. The zero-order chi connectivity index (χ0) is 40.3. The van der Waals surface area contributed by atoms with Gasteiger partial charge in [0.1, 0.15) is 29.6 Å². The summed E-state index contributed by atoms with van der Waals surface area (Å²) < 4.78 is 26.2. The van der Waals surface area contributed by atoms with Gasteiger partial charge in [-0.3, -0.25) is 4.79 Å². The van der Waals surface area contributed by atoms with E-state index in [9.17, 15) is 15.0 Å². The number of aliphatic hydroxyl groups is 2. The second-order valence-electron chi connectivity index (χ2n) is 15.1. The number of methoxy groups -OCH3 is 1. The standard InChI is InChI=1S/C48H53NO8S/c1-3-26-54-48-45(58-38-17-8-5-9-18-38)30-42(49-55-32-33-14-6-4-7-15-33)40-28-34(16-10-12-24-50)39(19-11-13-25-51)46(47(40)48)41-29-37(21-23-44(41)57-48)56-36-20-22-43(53-2)35(27-36)31-52/h3-9,14-15,17-18,20-23,27-29,31,34,39,45-47,50-51H,1,10-13,16,19,24-26,30,32H2,2H3/t34-,39+,45-,46+,47+,48+/m0/s1. The van der Waals surface area contributed by atoms with Crippen molar-refractivity contribution in [3.8, 4) is 23.0 Å². The van der Waals surface area contributed by atoms with E-state index in [0.29, 0.717) is 48.7 Å². The first-order chi connectivity index (χ1) is 28.5. The molecule has 58 heavy (non-hydrogen) atoms.